The van der Waals surface area contributed by atoms with E-state index in [1.165, 1.54) is 0 Å². The topological polar surface area (TPSA) is 86.0 Å². The molecule has 94 valence electrons. The maximum absolute atomic E-state index is 5.59. The van der Waals surface area contributed by atoms with Crippen LogP contribution in [0.25, 0.3) is 0 Å². The van der Waals surface area contributed by atoms with Crippen LogP contribution < -0.4 is 16.0 Å². The van der Waals surface area contributed by atoms with Crippen molar-refractivity contribution < 1.29 is 4.74 Å². The Morgan fingerprint density at radius 3 is 2.61 bits per heavy atom. The third-order valence-corrected chi connectivity index (χ3v) is 2.60. The van der Waals surface area contributed by atoms with Gasteiger partial charge in [-0.05, 0) is 24.1 Å². The standard InChI is InChI=1S/C12H15N5O/c1-18-12-11(15-6-7-16-12)10(17-13)8-9-2-4-14-5-3-9/h2-7,10,17H,8,13H2,1H3. The van der Waals surface area contributed by atoms with Gasteiger partial charge in [-0.1, -0.05) is 0 Å². The number of nitrogens with two attached hydrogens (primary N) is 1. The zero-order valence-electron chi connectivity index (χ0n) is 10.1. The monoisotopic (exact) mass is 245 g/mol. The van der Waals surface area contributed by atoms with Crippen LogP contribution in [-0.4, -0.2) is 22.1 Å². The molecule has 2 aromatic heterocycles. The second-order valence-corrected chi connectivity index (χ2v) is 3.73. The van der Waals surface area contributed by atoms with Crippen LogP contribution in [0.4, 0.5) is 0 Å². The first-order valence-corrected chi connectivity index (χ1v) is 5.55. The molecule has 0 spiro atoms. The molecule has 0 aliphatic carbocycles. The molecule has 0 bridgehead atoms. The predicted molar refractivity (Wildman–Crippen MR) is 66.6 cm³/mol. The van der Waals surface area contributed by atoms with Crippen molar-refractivity contribution in [3.05, 3.63) is 48.2 Å². The van der Waals surface area contributed by atoms with Gasteiger partial charge in [-0.2, -0.15) is 0 Å². The minimum Gasteiger partial charge on any atom is -0.480 e. The fourth-order valence-electron chi connectivity index (χ4n) is 1.72. The van der Waals surface area contributed by atoms with E-state index in [-0.39, 0.29) is 6.04 Å². The highest BCUT2D eigenvalue weighted by Gasteiger charge is 2.17. The van der Waals surface area contributed by atoms with Crippen LogP contribution in [0, 0.1) is 0 Å². The van der Waals surface area contributed by atoms with Crippen LogP contribution in [0.3, 0.4) is 0 Å². The summed E-state index contributed by atoms with van der Waals surface area (Å²) in [7, 11) is 1.56. The minimum atomic E-state index is -0.156. The summed E-state index contributed by atoms with van der Waals surface area (Å²) < 4.78 is 5.18. The van der Waals surface area contributed by atoms with Crippen molar-refractivity contribution in [2.45, 2.75) is 12.5 Å². The Kier molecular flexibility index (Phi) is 4.16. The molecule has 3 N–H and O–H groups in total. The van der Waals surface area contributed by atoms with Crippen LogP contribution in [0.2, 0.25) is 0 Å². The van der Waals surface area contributed by atoms with Gasteiger partial charge in [0, 0.05) is 24.8 Å². The third-order valence-electron chi connectivity index (χ3n) is 2.60. The van der Waals surface area contributed by atoms with Gasteiger partial charge in [0.15, 0.2) is 0 Å². The second kappa shape index (κ2) is 6.04. The van der Waals surface area contributed by atoms with Crippen molar-refractivity contribution in [2.75, 3.05) is 7.11 Å². The molecule has 0 radical (unpaired) electrons. The number of methoxy groups -OCH3 is 1. The lowest BCUT2D eigenvalue weighted by Gasteiger charge is -2.16. The fourth-order valence-corrected chi connectivity index (χ4v) is 1.72. The van der Waals surface area contributed by atoms with Gasteiger partial charge in [0.2, 0.25) is 5.88 Å². The molecule has 1 unspecified atom stereocenters. The van der Waals surface area contributed by atoms with E-state index in [2.05, 4.69) is 20.4 Å². The molecule has 2 rings (SSSR count). The molecule has 2 aromatic rings. The normalized spacial score (nSPS) is 12.1. The van der Waals surface area contributed by atoms with Gasteiger partial charge in [0.05, 0.1) is 13.2 Å². The SMILES string of the molecule is COc1nccnc1C(Cc1ccncc1)NN. The summed E-state index contributed by atoms with van der Waals surface area (Å²) in [6.07, 6.45) is 7.39. The summed E-state index contributed by atoms with van der Waals surface area (Å²) in [4.78, 5) is 12.4. The number of nitrogens with zero attached hydrogens (tertiary/aromatic N) is 3. The highest BCUT2D eigenvalue weighted by Crippen LogP contribution is 2.22. The molecule has 18 heavy (non-hydrogen) atoms. The molecule has 2 heterocycles. The zero-order chi connectivity index (χ0) is 12.8. The number of hydrogen-bond donors (Lipinski definition) is 2. The number of nitrogens with one attached hydrogen (secondary N) is 1. The van der Waals surface area contributed by atoms with E-state index in [0.717, 1.165) is 5.56 Å². The van der Waals surface area contributed by atoms with Gasteiger partial charge in [-0.25, -0.2) is 4.98 Å². The molecule has 0 aromatic carbocycles. The van der Waals surface area contributed by atoms with Crippen LogP contribution in [0.5, 0.6) is 5.88 Å². The summed E-state index contributed by atoms with van der Waals surface area (Å²) in [5.41, 5.74) is 4.54. The Labute approximate surface area is 105 Å². The third kappa shape index (κ3) is 2.79. The zero-order valence-corrected chi connectivity index (χ0v) is 10.1. The van der Waals surface area contributed by atoms with Gasteiger partial charge in [0.1, 0.15) is 5.69 Å². The van der Waals surface area contributed by atoms with Crippen LogP contribution in [0.15, 0.2) is 36.9 Å². The molecule has 0 aliphatic heterocycles. The number of hydrazine groups is 1. The van der Waals surface area contributed by atoms with E-state index < -0.39 is 0 Å². The quantitative estimate of drug-likeness (QED) is 0.593. The average Bonchev–Trinajstić information content (AvgIpc) is 2.46. The van der Waals surface area contributed by atoms with Crippen LogP contribution >= 0.6 is 0 Å². The summed E-state index contributed by atoms with van der Waals surface area (Å²) in [6.45, 7) is 0. The number of aromatic nitrogens is 3. The Morgan fingerprint density at radius 2 is 1.94 bits per heavy atom. The minimum absolute atomic E-state index is 0.156. The first kappa shape index (κ1) is 12.4. The second-order valence-electron chi connectivity index (χ2n) is 3.73. The summed E-state index contributed by atoms with van der Waals surface area (Å²) in [5, 5.41) is 0. The highest BCUT2D eigenvalue weighted by atomic mass is 16.5. The van der Waals surface area contributed by atoms with Gasteiger partial charge >= 0.3 is 0 Å². The van der Waals surface area contributed by atoms with Gasteiger partial charge in [-0.15, -0.1) is 0 Å². The number of hydrogen-bond acceptors (Lipinski definition) is 6. The van der Waals surface area contributed by atoms with Crippen molar-refractivity contribution in [3.63, 3.8) is 0 Å². The molecule has 0 saturated carbocycles. The molecule has 1 atom stereocenters. The maximum atomic E-state index is 5.59. The van der Waals surface area contributed by atoms with E-state index in [0.29, 0.717) is 18.0 Å². The Balaban J connectivity index is 2.23. The summed E-state index contributed by atoms with van der Waals surface area (Å²) >= 11 is 0. The Bertz CT molecular complexity index is 491. The summed E-state index contributed by atoms with van der Waals surface area (Å²) in [6, 6.07) is 3.72. The van der Waals surface area contributed by atoms with Crippen molar-refractivity contribution in [2.24, 2.45) is 5.84 Å². The van der Waals surface area contributed by atoms with Crippen LogP contribution in [-0.2, 0) is 6.42 Å². The average molecular weight is 245 g/mol. The molecule has 0 saturated heterocycles. The van der Waals surface area contributed by atoms with Crippen molar-refractivity contribution in [1.82, 2.24) is 20.4 Å². The molecular weight excluding hydrogens is 230 g/mol. The first-order chi connectivity index (χ1) is 8.85. The van der Waals surface area contributed by atoms with Crippen molar-refractivity contribution >= 4 is 0 Å². The van der Waals surface area contributed by atoms with Gasteiger partial charge in [0.25, 0.3) is 0 Å². The van der Waals surface area contributed by atoms with E-state index >= 15 is 0 Å². The highest BCUT2D eigenvalue weighted by molar-refractivity contribution is 5.24. The maximum Gasteiger partial charge on any atom is 0.237 e. The first-order valence-electron chi connectivity index (χ1n) is 5.55. The predicted octanol–water partition coefficient (Wildman–Crippen LogP) is 0.627. The Hall–Kier alpha value is -2.05. The van der Waals surface area contributed by atoms with E-state index in [1.54, 1.807) is 31.9 Å². The van der Waals surface area contributed by atoms with Gasteiger partial charge < -0.3 is 4.74 Å². The fraction of sp³-hybridized carbons (Fsp3) is 0.250. The molecule has 0 fully saturated rings. The molecule has 6 heteroatoms. The van der Waals surface area contributed by atoms with E-state index in [9.17, 15) is 0 Å². The Morgan fingerprint density at radius 1 is 1.22 bits per heavy atom. The smallest absolute Gasteiger partial charge is 0.237 e. The lowest BCUT2D eigenvalue weighted by atomic mass is 10.1. The van der Waals surface area contributed by atoms with E-state index in [1.807, 2.05) is 12.1 Å². The van der Waals surface area contributed by atoms with E-state index in [4.69, 9.17) is 10.6 Å². The van der Waals surface area contributed by atoms with Crippen molar-refractivity contribution in [3.8, 4) is 5.88 Å². The van der Waals surface area contributed by atoms with Crippen molar-refractivity contribution in [1.29, 1.82) is 0 Å². The largest absolute Gasteiger partial charge is 0.480 e. The number of pyridine rings is 1. The number of ether oxygens (including phenoxy) is 1. The molecule has 0 aliphatic rings. The lowest BCUT2D eigenvalue weighted by molar-refractivity contribution is 0.377. The molecule has 0 amide bonds. The molecular formula is C12H15N5O. The van der Waals surface area contributed by atoms with Crippen LogP contribution in [0.1, 0.15) is 17.3 Å². The molecule has 6 nitrogen and oxygen atoms in total. The lowest BCUT2D eigenvalue weighted by Crippen LogP contribution is -2.30. The van der Waals surface area contributed by atoms with Gasteiger partial charge in [-0.3, -0.25) is 21.2 Å². The summed E-state index contributed by atoms with van der Waals surface area (Å²) in [5.74, 6) is 6.07. The number of rotatable bonds is 5.